The number of ether oxygens (including phenoxy) is 1. The maximum Gasteiger partial charge on any atom is 0.306 e. The molecule has 9 heteroatoms. The molecule has 1 aromatic carbocycles. The summed E-state index contributed by atoms with van der Waals surface area (Å²) >= 11 is 0. The van der Waals surface area contributed by atoms with Crippen molar-refractivity contribution in [3.05, 3.63) is 29.8 Å². The number of aliphatic carboxylic acids is 1. The smallest absolute Gasteiger partial charge is 0.306 e. The number of carboxylic acid groups (broad SMARTS) is 1. The van der Waals surface area contributed by atoms with Crippen LogP contribution in [0.3, 0.4) is 0 Å². The first kappa shape index (κ1) is 20.3. The highest BCUT2D eigenvalue weighted by atomic mass is 32.2. The average molecular weight is 384 g/mol. The second-order valence-corrected chi connectivity index (χ2v) is 8.00. The highest BCUT2D eigenvalue weighted by molar-refractivity contribution is 7.89. The summed E-state index contributed by atoms with van der Waals surface area (Å²) in [5.74, 6) is -1.62. The lowest BCUT2D eigenvalue weighted by Gasteiger charge is -2.26. The first-order valence-corrected chi connectivity index (χ1v) is 9.94. The predicted molar refractivity (Wildman–Crippen MR) is 94.4 cm³/mol. The lowest BCUT2D eigenvalue weighted by molar-refractivity contribution is -0.142. The van der Waals surface area contributed by atoms with Crippen LogP contribution in [-0.4, -0.2) is 51.7 Å². The topological polar surface area (TPSA) is 122 Å². The Balaban J connectivity index is 2.01. The number of methoxy groups -OCH3 is 1. The highest BCUT2D eigenvalue weighted by Gasteiger charge is 2.29. The van der Waals surface area contributed by atoms with E-state index in [-0.39, 0.29) is 22.4 Å². The van der Waals surface area contributed by atoms with Crippen LogP contribution in [0.15, 0.2) is 29.2 Å². The summed E-state index contributed by atoms with van der Waals surface area (Å²) in [6.45, 7) is 0.696. The molecule has 1 fully saturated rings. The van der Waals surface area contributed by atoms with Crippen molar-refractivity contribution in [3.63, 3.8) is 0 Å². The van der Waals surface area contributed by atoms with Crippen molar-refractivity contribution in [2.24, 2.45) is 5.92 Å². The minimum absolute atomic E-state index is 0.0113. The number of hydrogen-bond acceptors (Lipinski definition) is 5. The minimum Gasteiger partial charge on any atom is -0.481 e. The third-order valence-electron chi connectivity index (χ3n) is 4.40. The van der Waals surface area contributed by atoms with E-state index >= 15 is 0 Å². The number of benzene rings is 1. The van der Waals surface area contributed by atoms with Gasteiger partial charge in [-0.15, -0.1) is 0 Å². The van der Waals surface area contributed by atoms with Gasteiger partial charge in [0.25, 0.3) is 5.91 Å². The van der Waals surface area contributed by atoms with Gasteiger partial charge in [-0.3, -0.25) is 9.59 Å². The Labute approximate surface area is 153 Å². The summed E-state index contributed by atoms with van der Waals surface area (Å²) < 4.78 is 32.6. The van der Waals surface area contributed by atoms with E-state index in [1.165, 1.54) is 25.3 Å². The zero-order chi connectivity index (χ0) is 19.2. The van der Waals surface area contributed by atoms with Gasteiger partial charge in [0.2, 0.25) is 10.0 Å². The van der Waals surface area contributed by atoms with Gasteiger partial charge in [-0.2, -0.15) is 0 Å². The number of carbonyl (C=O) groups excluding carboxylic acids is 1. The van der Waals surface area contributed by atoms with Crippen LogP contribution < -0.4 is 10.0 Å². The van der Waals surface area contributed by atoms with Crippen LogP contribution in [0.5, 0.6) is 0 Å². The van der Waals surface area contributed by atoms with E-state index in [4.69, 9.17) is 9.84 Å². The fourth-order valence-electron chi connectivity index (χ4n) is 2.92. The minimum atomic E-state index is -3.78. The van der Waals surface area contributed by atoms with Crippen molar-refractivity contribution in [1.82, 2.24) is 10.0 Å². The van der Waals surface area contributed by atoms with E-state index in [2.05, 4.69) is 10.0 Å². The van der Waals surface area contributed by atoms with Crippen molar-refractivity contribution < 1.29 is 27.9 Å². The van der Waals surface area contributed by atoms with Crippen molar-refractivity contribution >= 4 is 21.9 Å². The van der Waals surface area contributed by atoms with Gasteiger partial charge in [-0.05, 0) is 43.9 Å². The maximum atomic E-state index is 12.6. The number of amides is 1. The van der Waals surface area contributed by atoms with Crippen molar-refractivity contribution in [1.29, 1.82) is 0 Å². The quantitative estimate of drug-likeness (QED) is 0.575. The molecule has 1 aromatic rings. The van der Waals surface area contributed by atoms with E-state index in [1.807, 2.05) is 0 Å². The van der Waals surface area contributed by atoms with Crippen LogP contribution in [0.1, 0.15) is 36.0 Å². The molecule has 0 atom stereocenters. The standard InChI is InChI=1S/C17H24N2O6S/c1-25-10-9-18-16(20)13-3-2-4-15(11-13)26(23,24)19-14-7-5-12(6-8-14)17(21)22/h2-4,11-12,14,19H,5-10H2,1H3,(H,18,20)(H,21,22). The first-order chi connectivity index (χ1) is 12.3. The van der Waals surface area contributed by atoms with Gasteiger partial charge in [0.15, 0.2) is 0 Å². The lowest BCUT2D eigenvalue weighted by Crippen LogP contribution is -2.38. The monoisotopic (exact) mass is 384 g/mol. The molecule has 3 N–H and O–H groups in total. The van der Waals surface area contributed by atoms with Crippen LogP contribution in [0.4, 0.5) is 0 Å². The molecule has 26 heavy (non-hydrogen) atoms. The third-order valence-corrected chi connectivity index (χ3v) is 5.91. The van der Waals surface area contributed by atoms with Gasteiger partial charge >= 0.3 is 5.97 Å². The summed E-state index contributed by atoms with van der Waals surface area (Å²) in [5, 5.41) is 11.7. The van der Waals surface area contributed by atoms with Crippen LogP contribution >= 0.6 is 0 Å². The van der Waals surface area contributed by atoms with Crippen molar-refractivity contribution in [2.45, 2.75) is 36.6 Å². The number of nitrogens with one attached hydrogen (secondary N) is 2. The lowest BCUT2D eigenvalue weighted by atomic mass is 9.87. The molecule has 0 aromatic heterocycles. The number of rotatable bonds is 8. The van der Waals surface area contributed by atoms with Crippen LogP contribution in [-0.2, 0) is 19.6 Å². The summed E-state index contributed by atoms with van der Waals surface area (Å²) in [6, 6.07) is 5.51. The highest BCUT2D eigenvalue weighted by Crippen LogP contribution is 2.25. The molecule has 1 saturated carbocycles. The molecule has 0 bridgehead atoms. The number of hydrogen-bond donors (Lipinski definition) is 3. The molecule has 1 aliphatic rings. The Morgan fingerprint density at radius 2 is 1.92 bits per heavy atom. The fraction of sp³-hybridized carbons (Fsp3) is 0.529. The van der Waals surface area contributed by atoms with Gasteiger partial charge in [-0.25, -0.2) is 13.1 Å². The summed E-state index contributed by atoms with van der Waals surface area (Å²) in [4.78, 5) is 23.0. The molecule has 1 amide bonds. The summed E-state index contributed by atoms with van der Waals surface area (Å²) in [7, 11) is -2.26. The Bertz CT molecular complexity index is 741. The van der Waals surface area contributed by atoms with Gasteiger partial charge in [0.1, 0.15) is 0 Å². The van der Waals surface area contributed by atoms with E-state index in [0.717, 1.165) is 0 Å². The summed E-state index contributed by atoms with van der Waals surface area (Å²) in [6.07, 6.45) is 1.86. The molecular weight excluding hydrogens is 360 g/mol. The Kier molecular flexibility index (Phi) is 7.13. The molecule has 8 nitrogen and oxygen atoms in total. The van der Waals surface area contributed by atoms with Crippen LogP contribution in [0.2, 0.25) is 0 Å². The molecule has 144 valence electrons. The zero-order valence-corrected chi connectivity index (χ0v) is 15.4. The molecule has 2 rings (SSSR count). The molecule has 1 aliphatic carbocycles. The fourth-order valence-corrected chi connectivity index (χ4v) is 4.27. The second kappa shape index (κ2) is 9.11. The van der Waals surface area contributed by atoms with E-state index < -0.39 is 21.9 Å². The average Bonchev–Trinajstić information content (AvgIpc) is 2.62. The van der Waals surface area contributed by atoms with Crippen LogP contribution in [0.25, 0.3) is 0 Å². The molecular formula is C17H24N2O6S. The van der Waals surface area contributed by atoms with E-state index in [0.29, 0.717) is 38.8 Å². The van der Waals surface area contributed by atoms with Gasteiger partial charge < -0.3 is 15.2 Å². The molecule has 0 radical (unpaired) electrons. The molecule has 0 heterocycles. The number of carbonyl (C=O) groups is 2. The third kappa shape index (κ3) is 5.52. The van der Waals surface area contributed by atoms with Crippen molar-refractivity contribution in [2.75, 3.05) is 20.3 Å². The summed E-state index contributed by atoms with van der Waals surface area (Å²) in [5.41, 5.74) is 0.249. The van der Waals surface area contributed by atoms with E-state index in [9.17, 15) is 18.0 Å². The van der Waals surface area contributed by atoms with Crippen molar-refractivity contribution in [3.8, 4) is 0 Å². The first-order valence-electron chi connectivity index (χ1n) is 8.46. The molecule has 0 spiro atoms. The molecule has 0 saturated heterocycles. The Morgan fingerprint density at radius 3 is 2.54 bits per heavy atom. The predicted octanol–water partition coefficient (Wildman–Crippen LogP) is 0.984. The number of carboxylic acids is 1. The van der Waals surface area contributed by atoms with Gasteiger partial charge in [0.05, 0.1) is 17.4 Å². The molecule has 0 aliphatic heterocycles. The molecule has 0 unspecified atom stereocenters. The van der Waals surface area contributed by atoms with Crippen LogP contribution in [0, 0.1) is 5.92 Å². The Morgan fingerprint density at radius 1 is 1.23 bits per heavy atom. The largest absolute Gasteiger partial charge is 0.481 e. The second-order valence-electron chi connectivity index (χ2n) is 6.28. The Hall–Kier alpha value is -1.97. The zero-order valence-electron chi connectivity index (χ0n) is 14.6. The normalized spacial score (nSPS) is 20.5. The van der Waals surface area contributed by atoms with E-state index in [1.54, 1.807) is 6.07 Å². The number of sulfonamides is 1. The maximum absolute atomic E-state index is 12.6. The SMILES string of the molecule is COCCNC(=O)c1cccc(S(=O)(=O)NC2CCC(C(=O)O)CC2)c1. The van der Waals surface area contributed by atoms with Gasteiger partial charge in [0, 0.05) is 25.3 Å². The van der Waals surface area contributed by atoms with Gasteiger partial charge in [-0.1, -0.05) is 6.07 Å².